The summed E-state index contributed by atoms with van der Waals surface area (Å²) < 4.78 is 0. The third kappa shape index (κ3) is 1.34. The third-order valence-corrected chi connectivity index (χ3v) is 5.01. The highest BCUT2D eigenvalue weighted by Gasteiger charge is 2.44. The number of fused-ring (bicyclic) bond motifs is 3. The lowest BCUT2D eigenvalue weighted by Crippen LogP contribution is -2.27. The first-order valence-corrected chi connectivity index (χ1v) is 6.96. The van der Waals surface area contributed by atoms with Gasteiger partial charge in [-0.25, -0.2) is 0 Å². The van der Waals surface area contributed by atoms with Crippen molar-refractivity contribution >= 4 is 21.5 Å². The van der Waals surface area contributed by atoms with Gasteiger partial charge in [-0.15, -0.1) is 0 Å². The summed E-state index contributed by atoms with van der Waals surface area (Å²) in [5.41, 5.74) is 4.93. The van der Waals surface area contributed by atoms with Crippen LogP contribution in [0, 0.1) is 5.92 Å². The molecule has 2 atom stereocenters. The zero-order valence-corrected chi connectivity index (χ0v) is 11.4. The van der Waals surface area contributed by atoms with E-state index in [1.807, 2.05) is 0 Å². The van der Waals surface area contributed by atoms with Crippen LogP contribution in [0.4, 0.5) is 0 Å². The van der Waals surface area contributed by atoms with Gasteiger partial charge in [0.25, 0.3) is 0 Å². The Hall–Kier alpha value is -0.560. The summed E-state index contributed by atoms with van der Waals surface area (Å²) >= 11 is 3.78. The van der Waals surface area contributed by atoms with Gasteiger partial charge in [0.2, 0.25) is 0 Å². The van der Waals surface area contributed by atoms with E-state index in [1.54, 1.807) is 5.57 Å². The van der Waals surface area contributed by atoms with Crippen LogP contribution in [0.3, 0.4) is 0 Å². The highest BCUT2D eigenvalue weighted by molar-refractivity contribution is 9.09. The van der Waals surface area contributed by atoms with Gasteiger partial charge in [-0.2, -0.15) is 0 Å². The molecule has 0 fully saturated rings. The monoisotopic (exact) mass is 276 g/mol. The minimum absolute atomic E-state index is 0.300. The molecule has 0 amide bonds. The SMILES string of the molecule is CC1(C)c2ccccc2C2=CCC(Br)CC21. The molecule has 0 radical (unpaired) electrons. The third-order valence-electron chi connectivity index (χ3n) is 4.26. The van der Waals surface area contributed by atoms with Crippen molar-refractivity contribution < 1.29 is 0 Å². The lowest BCUT2D eigenvalue weighted by molar-refractivity contribution is 0.381. The molecule has 1 aromatic carbocycles. The molecule has 1 aromatic rings. The quantitative estimate of drug-likeness (QED) is 0.611. The van der Waals surface area contributed by atoms with Crippen LogP contribution in [-0.4, -0.2) is 4.83 Å². The predicted octanol–water partition coefficient (Wildman–Crippen LogP) is 4.53. The second kappa shape index (κ2) is 3.46. The summed E-state index contributed by atoms with van der Waals surface area (Å²) in [4.78, 5) is 0.662. The molecular weight excluding hydrogens is 260 g/mol. The van der Waals surface area contributed by atoms with Gasteiger partial charge >= 0.3 is 0 Å². The van der Waals surface area contributed by atoms with Crippen LogP contribution >= 0.6 is 15.9 Å². The van der Waals surface area contributed by atoms with Crippen LogP contribution in [-0.2, 0) is 5.41 Å². The Labute approximate surface area is 106 Å². The summed E-state index contributed by atoms with van der Waals surface area (Å²) in [6, 6.07) is 8.93. The predicted molar refractivity (Wildman–Crippen MR) is 72.9 cm³/mol. The molecule has 2 unspecified atom stereocenters. The van der Waals surface area contributed by atoms with Crippen LogP contribution in [0.1, 0.15) is 37.8 Å². The Bertz CT molecular complexity index is 456. The van der Waals surface area contributed by atoms with E-state index in [0.717, 1.165) is 0 Å². The van der Waals surface area contributed by atoms with Gasteiger partial charge in [0.05, 0.1) is 0 Å². The fourth-order valence-electron chi connectivity index (χ4n) is 3.34. The van der Waals surface area contributed by atoms with Gasteiger partial charge < -0.3 is 0 Å². The first kappa shape index (κ1) is 10.6. The van der Waals surface area contributed by atoms with E-state index >= 15 is 0 Å². The van der Waals surface area contributed by atoms with E-state index in [2.05, 4.69) is 60.1 Å². The molecule has 84 valence electrons. The van der Waals surface area contributed by atoms with Crippen molar-refractivity contribution in [1.29, 1.82) is 0 Å². The smallest absolute Gasteiger partial charge is 0.0186 e. The fourth-order valence-corrected chi connectivity index (χ4v) is 3.90. The number of allylic oxidation sites excluding steroid dienone is 2. The minimum Gasteiger partial charge on any atom is -0.0887 e. The van der Waals surface area contributed by atoms with Crippen molar-refractivity contribution in [3.63, 3.8) is 0 Å². The van der Waals surface area contributed by atoms with Crippen molar-refractivity contribution in [2.45, 2.75) is 36.9 Å². The number of hydrogen-bond donors (Lipinski definition) is 0. The molecule has 0 N–H and O–H groups in total. The summed E-state index contributed by atoms with van der Waals surface area (Å²) in [6.07, 6.45) is 4.89. The second-order valence-corrected chi connectivity index (χ2v) is 6.84. The van der Waals surface area contributed by atoms with Gasteiger partial charge in [-0.3, -0.25) is 0 Å². The molecule has 0 heterocycles. The Balaban J connectivity index is 2.19. The van der Waals surface area contributed by atoms with Crippen molar-refractivity contribution in [2.75, 3.05) is 0 Å². The number of alkyl halides is 1. The van der Waals surface area contributed by atoms with Gasteiger partial charge in [-0.05, 0) is 40.9 Å². The molecule has 1 heteroatoms. The van der Waals surface area contributed by atoms with Crippen LogP contribution in [0.15, 0.2) is 30.3 Å². The van der Waals surface area contributed by atoms with Gasteiger partial charge in [-0.1, -0.05) is 60.1 Å². The normalized spacial score (nSPS) is 30.6. The Kier molecular flexibility index (Phi) is 2.29. The molecule has 0 bridgehead atoms. The maximum atomic E-state index is 3.78. The summed E-state index contributed by atoms with van der Waals surface area (Å²) in [5, 5.41) is 0. The number of benzene rings is 1. The zero-order chi connectivity index (χ0) is 11.3. The van der Waals surface area contributed by atoms with Gasteiger partial charge in [0.1, 0.15) is 0 Å². The molecule has 0 saturated heterocycles. The first-order valence-electron chi connectivity index (χ1n) is 6.04. The van der Waals surface area contributed by atoms with E-state index < -0.39 is 0 Å². The average molecular weight is 277 g/mol. The molecule has 0 aromatic heterocycles. The van der Waals surface area contributed by atoms with Crippen molar-refractivity contribution in [1.82, 2.24) is 0 Å². The van der Waals surface area contributed by atoms with E-state index in [-0.39, 0.29) is 0 Å². The van der Waals surface area contributed by atoms with Crippen LogP contribution < -0.4 is 0 Å². The molecule has 3 rings (SSSR count). The lowest BCUT2D eigenvalue weighted by atomic mass is 9.73. The molecular formula is C15H17Br. The van der Waals surface area contributed by atoms with Crippen molar-refractivity contribution in [2.24, 2.45) is 5.92 Å². The van der Waals surface area contributed by atoms with Crippen molar-refractivity contribution in [3.05, 3.63) is 41.5 Å². The fraction of sp³-hybridized carbons (Fsp3) is 0.467. The molecule has 0 aliphatic heterocycles. The number of rotatable bonds is 0. The summed E-state index contributed by atoms with van der Waals surface area (Å²) in [5.74, 6) is 0.697. The van der Waals surface area contributed by atoms with Crippen LogP contribution in [0.25, 0.3) is 5.57 Å². The van der Waals surface area contributed by atoms with E-state index in [4.69, 9.17) is 0 Å². The minimum atomic E-state index is 0.300. The van der Waals surface area contributed by atoms with Gasteiger partial charge in [0, 0.05) is 4.83 Å². The Morgan fingerprint density at radius 3 is 2.81 bits per heavy atom. The number of hydrogen-bond acceptors (Lipinski definition) is 0. The molecule has 0 saturated carbocycles. The summed E-state index contributed by atoms with van der Waals surface area (Å²) in [7, 11) is 0. The first-order chi connectivity index (χ1) is 7.60. The zero-order valence-electron chi connectivity index (χ0n) is 9.83. The van der Waals surface area contributed by atoms with Crippen LogP contribution in [0.2, 0.25) is 0 Å². The maximum Gasteiger partial charge on any atom is 0.0186 e. The highest BCUT2D eigenvalue weighted by Crippen LogP contribution is 2.54. The molecule has 2 aliphatic rings. The number of halogens is 1. The molecule has 0 spiro atoms. The van der Waals surface area contributed by atoms with Crippen LogP contribution in [0.5, 0.6) is 0 Å². The topological polar surface area (TPSA) is 0 Å². The van der Waals surface area contributed by atoms with Crippen molar-refractivity contribution in [3.8, 4) is 0 Å². The molecule has 16 heavy (non-hydrogen) atoms. The van der Waals surface area contributed by atoms with E-state index in [9.17, 15) is 0 Å². The Morgan fingerprint density at radius 1 is 1.25 bits per heavy atom. The van der Waals surface area contributed by atoms with E-state index in [1.165, 1.54) is 24.0 Å². The standard InChI is InChI=1S/C15H17Br/c1-15(2)13-6-4-3-5-11(13)12-8-7-10(16)9-14(12)15/h3-6,8,10,14H,7,9H2,1-2H3. The largest absolute Gasteiger partial charge is 0.0887 e. The average Bonchev–Trinajstić information content (AvgIpc) is 2.49. The maximum absolute atomic E-state index is 3.78. The highest BCUT2D eigenvalue weighted by atomic mass is 79.9. The van der Waals surface area contributed by atoms with E-state index in [0.29, 0.717) is 16.2 Å². The Morgan fingerprint density at radius 2 is 2.00 bits per heavy atom. The second-order valence-electron chi connectivity index (χ2n) is 5.55. The molecule has 0 nitrogen and oxygen atoms in total. The van der Waals surface area contributed by atoms with Gasteiger partial charge in [0.15, 0.2) is 0 Å². The summed E-state index contributed by atoms with van der Waals surface area (Å²) in [6.45, 7) is 4.78. The molecule has 2 aliphatic carbocycles. The lowest BCUT2D eigenvalue weighted by Gasteiger charge is -2.32.